The highest BCUT2D eigenvalue weighted by molar-refractivity contribution is 5.85. The molecule has 2 N–H and O–H groups in total. The first-order valence-corrected chi connectivity index (χ1v) is 5.93. The van der Waals surface area contributed by atoms with E-state index in [2.05, 4.69) is 0 Å². The Morgan fingerprint density at radius 1 is 1.28 bits per heavy atom. The van der Waals surface area contributed by atoms with Gasteiger partial charge in [-0.15, -0.1) is 0 Å². The monoisotopic (exact) mass is 254 g/mol. The van der Waals surface area contributed by atoms with Crippen LogP contribution < -0.4 is 5.73 Å². The van der Waals surface area contributed by atoms with Gasteiger partial charge < -0.3 is 10.3 Å². The summed E-state index contributed by atoms with van der Waals surface area (Å²) in [5.74, 6) is 0. The van der Waals surface area contributed by atoms with Crippen molar-refractivity contribution < 1.29 is 13.2 Å². The number of hydrogen-bond donors (Lipinski definition) is 1. The van der Waals surface area contributed by atoms with Crippen LogP contribution in [-0.2, 0) is 12.7 Å². The average Bonchev–Trinajstić information content (AvgIpc) is 2.68. The second-order valence-electron chi connectivity index (χ2n) is 4.71. The van der Waals surface area contributed by atoms with Crippen LogP contribution in [0.1, 0.15) is 30.1 Å². The molecule has 2 heterocycles. The van der Waals surface area contributed by atoms with Gasteiger partial charge in [0.25, 0.3) is 0 Å². The molecule has 2 nitrogen and oxygen atoms in total. The molecule has 1 unspecified atom stereocenters. The van der Waals surface area contributed by atoms with Crippen LogP contribution in [0.2, 0.25) is 0 Å². The molecule has 0 spiro atoms. The Kier molecular flexibility index (Phi) is 2.41. The highest BCUT2D eigenvalue weighted by Crippen LogP contribution is 2.38. The first kappa shape index (κ1) is 11.6. The van der Waals surface area contributed by atoms with E-state index < -0.39 is 11.7 Å². The van der Waals surface area contributed by atoms with Crippen LogP contribution in [0.15, 0.2) is 24.3 Å². The van der Waals surface area contributed by atoms with Gasteiger partial charge in [-0.05, 0) is 31.0 Å². The van der Waals surface area contributed by atoms with E-state index in [1.165, 1.54) is 6.07 Å². The molecule has 1 aliphatic rings. The standard InChI is InChI=1S/C13H13F3N2/c14-13(15,16)9-3-1-5-11-8(9)7-12-10(17)4-2-6-18(11)12/h1,3,5,7,10H,2,4,6,17H2. The topological polar surface area (TPSA) is 30.9 Å². The molecule has 1 aromatic heterocycles. The molecule has 3 rings (SSSR count). The summed E-state index contributed by atoms with van der Waals surface area (Å²) in [6.07, 6.45) is -2.58. The summed E-state index contributed by atoms with van der Waals surface area (Å²) in [5.41, 5.74) is 6.84. The van der Waals surface area contributed by atoms with E-state index in [1.807, 2.05) is 4.57 Å². The highest BCUT2D eigenvalue weighted by Gasteiger charge is 2.34. The molecule has 0 aliphatic carbocycles. The SMILES string of the molecule is NC1CCCn2c1cc1c(C(F)(F)F)cccc12. The normalized spacial score (nSPS) is 20.1. The van der Waals surface area contributed by atoms with E-state index >= 15 is 0 Å². The van der Waals surface area contributed by atoms with Gasteiger partial charge in [0.15, 0.2) is 0 Å². The molecule has 0 saturated carbocycles. The van der Waals surface area contributed by atoms with E-state index in [1.54, 1.807) is 12.1 Å². The maximum Gasteiger partial charge on any atom is 0.417 e. The molecule has 1 aromatic carbocycles. The van der Waals surface area contributed by atoms with Gasteiger partial charge in [-0.1, -0.05) is 6.07 Å². The summed E-state index contributed by atoms with van der Waals surface area (Å²) in [5, 5.41) is 0.261. The summed E-state index contributed by atoms with van der Waals surface area (Å²) >= 11 is 0. The minimum Gasteiger partial charge on any atom is -0.343 e. The van der Waals surface area contributed by atoms with Gasteiger partial charge in [-0.2, -0.15) is 13.2 Å². The number of aryl methyl sites for hydroxylation is 1. The molecule has 1 aliphatic heterocycles. The van der Waals surface area contributed by atoms with Gasteiger partial charge >= 0.3 is 6.18 Å². The molecule has 0 fully saturated rings. The van der Waals surface area contributed by atoms with Crippen molar-refractivity contribution in [1.82, 2.24) is 4.57 Å². The lowest BCUT2D eigenvalue weighted by atomic mass is 10.1. The van der Waals surface area contributed by atoms with Crippen molar-refractivity contribution in [1.29, 1.82) is 0 Å². The number of benzene rings is 1. The summed E-state index contributed by atoms with van der Waals surface area (Å²) in [7, 11) is 0. The Bertz CT molecular complexity index is 598. The van der Waals surface area contributed by atoms with Crippen molar-refractivity contribution in [3.63, 3.8) is 0 Å². The van der Waals surface area contributed by atoms with Gasteiger partial charge in [0.05, 0.1) is 5.56 Å². The van der Waals surface area contributed by atoms with Gasteiger partial charge in [0.2, 0.25) is 0 Å². The summed E-state index contributed by atoms with van der Waals surface area (Å²) in [6.45, 7) is 0.744. The molecule has 2 aromatic rings. The van der Waals surface area contributed by atoms with E-state index in [0.29, 0.717) is 5.52 Å². The number of fused-ring (bicyclic) bond motifs is 3. The maximum atomic E-state index is 12.9. The van der Waals surface area contributed by atoms with E-state index in [9.17, 15) is 13.2 Å². The molecular weight excluding hydrogens is 241 g/mol. The van der Waals surface area contributed by atoms with Crippen molar-refractivity contribution in [3.8, 4) is 0 Å². The van der Waals surface area contributed by atoms with Gasteiger partial charge in [-0.3, -0.25) is 0 Å². The number of rotatable bonds is 0. The molecule has 18 heavy (non-hydrogen) atoms. The Labute approximate surface area is 102 Å². The van der Waals surface area contributed by atoms with Gasteiger partial charge in [0, 0.05) is 29.2 Å². The fourth-order valence-corrected chi connectivity index (χ4v) is 2.73. The van der Waals surface area contributed by atoms with Crippen LogP contribution in [0.3, 0.4) is 0 Å². The zero-order chi connectivity index (χ0) is 12.9. The third-order valence-electron chi connectivity index (χ3n) is 3.56. The van der Waals surface area contributed by atoms with Gasteiger partial charge in [0.1, 0.15) is 0 Å². The lowest BCUT2D eigenvalue weighted by Gasteiger charge is -2.21. The first-order valence-electron chi connectivity index (χ1n) is 5.93. The lowest BCUT2D eigenvalue weighted by Crippen LogP contribution is -2.20. The van der Waals surface area contributed by atoms with E-state index in [0.717, 1.165) is 31.1 Å². The number of alkyl halides is 3. The average molecular weight is 254 g/mol. The Morgan fingerprint density at radius 3 is 2.78 bits per heavy atom. The molecule has 0 saturated heterocycles. The number of nitrogens with two attached hydrogens (primary N) is 1. The minimum atomic E-state index is -4.32. The summed E-state index contributed by atoms with van der Waals surface area (Å²) in [4.78, 5) is 0. The summed E-state index contributed by atoms with van der Waals surface area (Å²) in [6, 6.07) is 5.75. The molecule has 0 amide bonds. The number of nitrogens with zero attached hydrogens (tertiary/aromatic N) is 1. The largest absolute Gasteiger partial charge is 0.417 e. The lowest BCUT2D eigenvalue weighted by molar-refractivity contribution is -0.136. The second kappa shape index (κ2) is 3.75. The van der Waals surface area contributed by atoms with Crippen LogP contribution in [0.4, 0.5) is 13.2 Å². The van der Waals surface area contributed by atoms with Crippen LogP contribution in [-0.4, -0.2) is 4.57 Å². The summed E-state index contributed by atoms with van der Waals surface area (Å²) < 4.78 is 40.7. The van der Waals surface area contributed by atoms with Crippen molar-refractivity contribution >= 4 is 10.9 Å². The highest BCUT2D eigenvalue weighted by atomic mass is 19.4. The smallest absolute Gasteiger partial charge is 0.343 e. The Hall–Kier alpha value is -1.49. The molecular formula is C13H13F3N2. The fourth-order valence-electron chi connectivity index (χ4n) is 2.73. The Balaban J connectivity index is 2.31. The Morgan fingerprint density at radius 2 is 2.06 bits per heavy atom. The second-order valence-corrected chi connectivity index (χ2v) is 4.71. The van der Waals surface area contributed by atoms with E-state index in [-0.39, 0.29) is 11.4 Å². The molecule has 5 heteroatoms. The first-order chi connectivity index (χ1) is 8.48. The zero-order valence-corrected chi connectivity index (χ0v) is 9.67. The van der Waals surface area contributed by atoms with Crippen LogP contribution in [0, 0.1) is 0 Å². The van der Waals surface area contributed by atoms with Crippen molar-refractivity contribution in [2.75, 3.05) is 0 Å². The fraction of sp³-hybridized carbons (Fsp3) is 0.385. The number of hydrogen-bond acceptors (Lipinski definition) is 1. The van der Waals surface area contributed by atoms with Crippen LogP contribution in [0.25, 0.3) is 10.9 Å². The van der Waals surface area contributed by atoms with E-state index in [4.69, 9.17) is 5.73 Å². The van der Waals surface area contributed by atoms with Gasteiger partial charge in [-0.25, -0.2) is 0 Å². The molecule has 96 valence electrons. The predicted molar refractivity (Wildman–Crippen MR) is 63.1 cm³/mol. The van der Waals surface area contributed by atoms with Crippen LogP contribution in [0.5, 0.6) is 0 Å². The molecule has 0 radical (unpaired) electrons. The van der Waals surface area contributed by atoms with Crippen LogP contribution >= 0.6 is 0 Å². The quantitative estimate of drug-likeness (QED) is 0.767. The zero-order valence-electron chi connectivity index (χ0n) is 9.67. The number of aromatic nitrogens is 1. The maximum absolute atomic E-state index is 12.9. The third kappa shape index (κ3) is 1.61. The van der Waals surface area contributed by atoms with Crippen molar-refractivity contribution in [2.24, 2.45) is 5.73 Å². The molecule has 1 atom stereocenters. The van der Waals surface area contributed by atoms with Crippen molar-refractivity contribution in [2.45, 2.75) is 31.6 Å². The molecule has 0 bridgehead atoms. The van der Waals surface area contributed by atoms with Crippen molar-refractivity contribution in [3.05, 3.63) is 35.5 Å². The third-order valence-corrected chi connectivity index (χ3v) is 3.56. The predicted octanol–water partition coefficient (Wildman–Crippen LogP) is 3.45. The minimum absolute atomic E-state index is 0.160. The number of halogens is 3.